The minimum Gasteiger partial charge on any atom is -0.504 e. The molecule has 6 heteroatoms. The molecule has 2 heterocycles. The number of hydrogen-bond donors (Lipinski definition) is 3. The zero-order valence-electron chi connectivity index (χ0n) is 11.6. The second-order valence-electron chi connectivity index (χ2n) is 5.40. The van der Waals surface area contributed by atoms with Crippen molar-refractivity contribution in [2.45, 2.75) is 12.5 Å². The molecule has 0 radical (unpaired) electrons. The van der Waals surface area contributed by atoms with Gasteiger partial charge in [0, 0.05) is 11.0 Å². The van der Waals surface area contributed by atoms with E-state index in [4.69, 9.17) is 9.47 Å². The van der Waals surface area contributed by atoms with Gasteiger partial charge in [0.2, 0.25) is 6.79 Å². The summed E-state index contributed by atoms with van der Waals surface area (Å²) in [5, 5.41) is 23.0. The molecule has 0 saturated carbocycles. The van der Waals surface area contributed by atoms with E-state index < -0.39 is 0 Å². The van der Waals surface area contributed by atoms with Crippen molar-refractivity contribution in [1.82, 2.24) is 5.32 Å². The number of benzene rings is 2. The fraction of sp³-hybridized carbons (Fsp3) is 0.250. The summed E-state index contributed by atoms with van der Waals surface area (Å²) < 4.78 is 11.7. The highest BCUT2D eigenvalue weighted by Gasteiger charge is 2.27. The number of nitrogens with one attached hydrogen (secondary N) is 1. The van der Waals surface area contributed by atoms with Crippen LogP contribution in [0.3, 0.4) is 0 Å². The molecule has 2 aliphatic rings. The first-order valence-corrected chi connectivity index (χ1v) is 7.80. The largest absolute Gasteiger partial charge is 0.504 e. The molecule has 1 atom stereocenters. The van der Waals surface area contributed by atoms with Gasteiger partial charge in [-0.15, -0.1) is 0 Å². The van der Waals surface area contributed by atoms with Crippen LogP contribution in [0.4, 0.5) is 0 Å². The zero-order chi connectivity index (χ0) is 15.3. The molecule has 0 fully saturated rings. The summed E-state index contributed by atoms with van der Waals surface area (Å²) in [6, 6.07) is 7.02. The van der Waals surface area contributed by atoms with E-state index in [1.807, 2.05) is 12.1 Å². The van der Waals surface area contributed by atoms with Crippen LogP contribution in [0.25, 0.3) is 0 Å². The van der Waals surface area contributed by atoms with Gasteiger partial charge in [0.05, 0.1) is 6.04 Å². The van der Waals surface area contributed by atoms with Gasteiger partial charge in [-0.25, -0.2) is 0 Å². The molecule has 4 rings (SSSR count). The van der Waals surface area contributed by atoms with Crippen LogP contribution in [0.1, 0.15) is 22.7 Å². The lowest BCUT2D eigenvalue weighted by atomic mass is 9.89. The van der Waals surface area contributed by atoms with Crippen molar-refractivity contribution in [1.29, 1.82) is 0 Å². The van der Waals surface area contributed by atoms with Gasteiger partial charge in [0.1, 0.15) is 0 Å². The number of ether oxygens (including phenoxy) is 2. The summed E-state index contributed by atoms with van der Waals surface area (Å²) in [6.07, 6.45) is 0.807. The molecule has 5 nitrogen and oxygen atoms in total. The fourth-order valence-corrected chi connectivity index (χ4v) is 3.57. The van der Waals surface area contributed by atoms with E-state index in [1.54, 1.807) is 12.1 Å². The Balaban J connectivity index is 1.84. The monoisotopic (exact) mass is 363 g/mol. The number of fused-ring (bicyclic) bond motifs is 2. The standard InChI is InChI=1S/C16H14BrNO4/c17-11-6-15-14(21-7-22-15)5-10(11)16-9-4-13(20)12(19)3-8(9)1-2-18-16/h3-6,16,18-20H,1-2,7H2/t16-/m0/s1. The van der Waals surface area contributed by atoms with Gasteiger partial charge in [0.25, 0.3) is 0 Å². The molecule has 0 saturated heterocycles. The minimum absolute atomic E-state index is 0.0795. The van der Waals surface area contributed by atoms with Gasteiger partial charge in [0.15, 0.2) is 23.0 Å². The predicted octanol–water partition coefficient (Wildman–Crippen LogP) is 2.82. The number of phenolic OH excluding ortho intramolecular Hbond substituents is 2. The van der Waals surface area contributed by atoms with Crippen molar-refractivity contribution in [2.24, 2.45) is 0 Å². The lowest BCUT2D eigenvalue weighted by Gasteiger charge is -2.28. The Kier molecular flexibility index (Phi) is 3.16. The molecular formula is C16H14BrNO4. The van der Waals surface area contributed by atoms with E-state index in [0.717, 1.165) is 45.6 Å². The molecule has 3 N–H and O–H groups in total. The van der Waals surface area contributed by atoms with Crippen LogP contribution in [0, 0.1) is 0 Å². The van der Waals surface area contributed by atoms with Crippen LogP contribution in [0.15, 0.2) is 28.7 Å². The van der Waals surface area contributed by atoms with Crippen molar-refractivity contribution < 1.29 is 19.7 Å². The second-order valence-corrected chi connectivity index (χ2v) is 6.26. The van der Waals surface area contributed by atoms with E-state index in [1.165, 1.54) is 0 Å². The topological polar surface area (TPSA) is 71.0 Å². The van der Waals surface area contributed by atoms with Gasteiger partial charge in [-0.05, 0) is 47.4 Å². The van der Waals surface area contributed by atoms with Crippen molar-refractivity contribution in [3.63, 3.8) is 0 Å². The number of aromatic hydroxyl groups is 2. The maximum atomic E-state index is 9.83. The van der Waals surface area contributed by atoms with E-state index in [-0.39, 0.29) is 24.3 Å². The zero-order valence-corrected chi connectivity index (χ0v) is 13.2. The van der Waals surface area contributed by atoms with Gasteiger partial charge < -0.3 is 25.0 Å². The smallest absolute Gasteiger partial charge is 0.231 e. The number of phenols is 2. The van der Waals surface area contributed by atoms with Gasteiger partial charge in [-0.1, -0.05) is 15.9 Å². The Morgan fingerprint density at radius 1 is 1.00 bits per heavy atom. The first-order chi connectivity index (χ1) is 10.6. The van der Waals surface area contributed by atoms with E-state index in [9.17, 15) is 10.2 Å². The van der Waals surface area contributed by atoms with Crippen LogP contribution in [0.2, 0.25) is 0 Å². The summed E-state index contributed by atoms with van der Waals surface area (Å²) in [7, 11) is 0. The minimum atomic E-state index is -0.107. The highest BCUT2D eigenvalue weighted by molar-refractivity contribution is 9.10. The summed E-state index contributed by atoms with van der Waals surface area (Å²) in [4.78, 5) is 0. The molecule has 0 amide bonds. The highest BCUT2D eigenvalue weighted by atomic mass is 79.9. The number of halogens is 1. The molecule has 0 spiro atoms. The first kappa shape index (κ1) is 13.7. The molecule has 2 aliphatic heterocycles. The average Bonchev–Trinajstić information content (AvgIpc) is 2.94. The molecule has 0 bridgehead atoms. The Morgan fingerprint density at radius 2 is 1.73 bits per heavy atom. The van der Waals surface area contributed by atoms with Crippen molar-refractivity contribution >= 4 is 15.9 Å². The maximum Gasteiger partial charge on any atom is 0.231 e. The molecule has 0 unspecified atom stereocenters. The first-order valence-electron chi connectivity index (χ1n) is 7.00. The summed E-state index contributed by atoms with van der Waals surface area (Å²) >= 11 is 3.58. The Labute approximate surface area is 135 Å². The molecule has 2 aromatic carbocycles. The number of rotatable bonds is 1. The molecule has 0 aliphatic carbocycles. The van der Waals surface area contributed by atoms with Gasteiger partial charge in [-0.2, -0.15) is 0 Å². The average molecular weight is 364 g/mol. The van der Waals surface area contributed by atoms with E-state index in [0.29, 0.717) is 0 Å². The van der Waals surface area contributed by atoms with E-state index >= 15 is 0 Å². The quantitative estimate of drug-likeness (QED) is 0.679. The predicted molar refractivity (Wildman–Crippen MR) is 83.6 cm³/mol. The molecule has 0 aromatic heterocycles. The lowest BCUT2D eigenvalue weighted by molar-refractivity contribution is 0.174. The summed E-state index contributed by atoms with van der Waals surface area (Å²) in [5.41, 5.74) is 3.00. The van der Waals surface area contributed by atoms with Crippen LogP contribution in [-0.2, 0) is 6.42 Å². The van der Waals surface area contributed by atoms with Crippen molar-refractivity contribution in [2.75, 3.05) is 13.3 Å². The van der Waals surface area contributed by atoms with Crippen LogP contribution < -0.4 is 14.8 Å². The summed E-state index contributed by atoms with van der Waals surface area (Å²) in [5.74, 6) is 1.25. The molecular weight excluding hydrogens is 350 g/mol. The van der Waals surface area contributed by atoms with Gasteiger partial charge >= 0.3 is 0 Å². The lowest BCUT2D eigenvalue weighted by Crippen LogP contribution is -2.30. The molecule has 2 aromatic rings. The highest BCUT2D eigenvalue weighted by Crippen LogP contribution is 2.43. The maximum absolute atomic E-state index is 9.83. The third kappa shape index (κ3) is 2.10. The van der Waals surface area contributed by atoms with Crippen LogP contribution in [-0.4, -0.2) is 23.6 Å². The third-order valence-electron chi connectivity index (χ3n) is 4.09. The second kappa shape index (κ2) is 5.07. The third-order valence-corrected chi connectivity index (χ3v) is 4.78. The normalized spacial score (nSPS) is 19.0. The van der Waals surface area contributed by atoms with Crippen LogP contribution in [0.5, 0.6) is 23.0 Å². The van der Waals surface area contributed by atoms with E-state index in [2.05, 4.69) is 21.2 Å². The SMILES string of the molecule is Oc1cc2c(cc1O)[C@@H](c1cc3c(cc1Br)OCO3)NCC2. The Hall–Kier alpha value is -1.92. The Morgan fingerprint density at radius 3 is 2.55 bits per heavy atom. The number of hydrogen-bond acceptors (Lipinski definition) is 5. The fourth-order valence-electron chi connectivity index (χ4n) is 3.01. The Bertz CT molecular complexity index is 762. The summed E-state index contributed by atoms with van der Waals surface area (Å²) in [6.45, 7) is 1.03. The molecule has 22 heavy (non-hydrogen) atoms. The van der Waals surface area contributed by atoms with Crippen molar-refractivity contribution in [3.8, 4) is 23.0 Å². The van der Waals surface area contributed by atoms with Crippen LogP contribution >= 0.6 is 15.9 Å². The molecule has 114 valence electrons. The van der Waals surface area contributed by atoms with Crippen molar-refractivity contribution in [3.05, 3.63) is 45.4 Å². The van der Waals surface area contributed by atoms with Gasteiger partial charge in [-0.3, -0.25) is 0 Å².